The molecule has 0 radical (unpaired) electrons. The zero-order valence-electron chi connectivity index (χ0n) is 14.4. The van der Waals surface area contributed by atoms with E-state index in [0.717, 1.165) is 19.0 Å². The predicted octanol–water partition coefficient (Wildman–Crippen LogP) is 3.58. The molecule has 1 saturated heterocycles. The number of rotatable bonds is 4. The number of nitrogens with one attached hydrogen (secondary N) is 1. The van der Waals surface area contributed by atoms with Crippen LogP contribution in [-0.4, -0.2) is 43.8 Å². The summed E-state index contributed by atoms with van der Waals surface area (Å²) >= 11 is 0. The third kappa shape index (κ3) is 4.38. The van der Waals surface area contributed by atoms with Gasteiger partial charge in [-0.3, -0.25) is 4.99 Å². The van der Waals surface area contributed by atoms with Crippen molar-refractivity contribution in [1.82, 2.24) is 10.2 Å². The lowest BCUT2D eigenvalue weighted by molar-refractivity contribution is -0.153. The van der Waals surface area contributed by atoms with Crippen LogP contribution in [0.15, 0.2) is 29.3 Å². The first-order chi connectivity index (χ1) is 11.9. The van der Waals surface area contributed by atoms with E-state index in [1.807, 2.05) is 0 Å². The van der Waals surface area contributed by atoms with Crippen molar-refractivity contribution in [2.24, 2.45) is 10.4 Å². The van der Waals surface area contributed by atoms with E-state index in [-0.39, 0.29) is 5.75 Å². The van der Waals surface area contributed by atoms with E-state index in [9.17, 15) is 13.2 Å². The first-order valence-electron chi connectivity index (χ1n) is 8.64. The van der Waals surface area contributed by atoms with Gasteiger partial charge in [-0.2, -0.15) is 13.2 Å². The van der Waals surface area contributed by atoms with Gasteiger partial charge in [-0.15, -0.1) is 0 Å². The van der Waals surface area contributed by atoms with Crippen LogP contribution in [0.3, 0.4) is 0 Å². The largest absolute Gasteiger partial charge is 0.484 e. The van der Waals surface area contributed by atoms with Crippen LogP contribution in [0.4, 0.5) is 13.2 Å². The second-order valence-electron chi connectivity index (χ2n) is 6.94. The lowest BCUT2D eigenvalue weighted by Gasteiger charge is -2.38. The Morgan fingerprint density at radius 2 is 2.04 bits per heavy atom. The summed E-state index contributed by atoms with van der Waals surface area (Å²) in [4.78, 5) is 6.58. The number of ether oxygens (including phenoxy) is 1. The van der Waals surface area contributed by atoms with Crippen LogP contribution < -0.4 is 10.1 Å². The Bertz CT molecular complexity index is 626. The number of alkyl halides is 3. The predicted molar refractivity (Wildman–Crippen MR) is 90.7 cm³/mol. The van der Waals surface area contributed by atoms with E-state index in [0.29, 0.717) is 17.5 Å². The van der Waals surface area contributed by atoms with Gasteiger partial charge in [0, 0.05) is 32.2 Å². The molecular weight excluding hydrogens is 331 g/mol. The summed E-state index contributed by atoms with van der Waals surface area (Å²) in [7, 11) is 1.74. The Morgan fingerprint density at radius 1 is 1.28 bits per heavy atom. The van der Waals surface area contributed by atoms with Crippen molar-refractivity contribution in [1.29, 1.82) is 0 Å². The number of para-hydroxylation sites is 1. The maximum Gasteiger partial charge on any atom is 0.422 e. The van der Waals surface area contributed by atoms with Gasteiger partial charge in [0.25, 0.3) is 0 Å². The molecule has 1 heterocycles. The molecule has 4 nitrogen and oxygen atoms in total. The molecule has 1 aliphatic heterocycles. The van der Waals surface area contributed by atoms with Gasteiger partial charge in [-0.1, -0.05) is 24.6 Å². The number of hydrogen-bond acceptors (Lipinski definition) is 2. The van der Waals surface area contributed by atoms with Crippen molar-refractivity contribution in [3.05, 3.63) is 29.8 Å². The third-order valence-corrected chi connectivity index (χ3v) is 5.16. The fraction of sp³-hybridized carbons (Fsp3) is 0.611. The standard InChI is InChI=1S/C18H24F3N3O/c1-22-16(24-10-9-17(12-24)7-4-8-17)23-11-14-5-2-3-6-15(14)25-13-18(19,20)21/h2-3,5-6H,4,7-13H2,1H3,(H,22,23). The molecule has 1 spiro atoms. The van der Waals surface area contributed by atoms with E-state index in [1.54, 1.807) is 31.3 Å². The summed E-state index contributed by atoms with van der Waals surface area (Å²) in [5.41, 5.74) is 1.15. The quantitative estimate of drug-likeness (QED) is 0.663. The number of halogens is 3. The highest BCUT2D eigenvalue weighted by atomic mass is 19.4. The summed E-state index contributed by atoms with van der Waals surface area (Å²) in [6.07, 6.45) is 0.731. The Balaban J connectivity index is 1.59. The van der Waals surface area contributed by atoms with E-state index >= 15 is 0 Å². The van der Waals surface area contributed by atoms with Crippen LogP contribution in [-0.2, 0) is 6.54 Å². The number of guanidine groups is 1. The molecule has 1 aliphatic carbocycles. The second kappa shape index (κ2) is 7.14. The van der Waals surface area contributed by atoms with Gasteiger partial charge in [-0.25, -0.2) is 0 Å². The fourth-order valence-corrected chi connectivity index (χ4v) is 3.66. The number of likely N-dealkylation sites (tertiary alicyclic amines) is 1. The minimum Gasteiger partial charge on any atom is -0.484 e. The molecule has 0 atom stereocenters. The van der Waals surface area contributed by atoms with Crippen molar-refractivity contribution in [2.75, 3.05) is 26.7 Å². The maximum absolute atomic E-state index is 12.4. The van der Waals surface area contributed by atoms with Gasteiger partial charge in [0.05, 0.1) is 0 Å². The molecule has 138 valence electrons. The molecular formula is C18H24F3N3O. The molecule has 0 amide bonds. The Morgan fingerprint density at radius 3 is 2.64 bits per heavy atom. The van der Waals surface area contributed by atoms with E-state index in [4.69, 9.17) is 4.74 Å². The van der Waals surface area contributed by atoms with Crippen molar-refractivity contribution >= 4 is 5.96 Å². The molecule has 2 aliphatic rings. The second-order valence-corrected chi connectivity index (χ2v) is 6.94. The van der Waals surface area contributed by atoms with Gasteiger partial charge < -0.3 is 15.0 Å². The van der Waals surface area contributed by atoms with Crippen molar-refractivity contribution in [3.63, 3.8) is 0 Å². The summed E-state index contributed by atoms with van der Waals surface area (Å²) < 4.78 is 42.1. The van der Waals surface area contributed by atoms with Gasteiger partial charge >= 0.3 is 6.18 Å². The maximum atomic E-state index is 12.4. The molecule has 3 rings (SSSR count). The highest BCUT2D eigenvalue weighted by Gasteiger charge is 2.43. The first-order valence-corrected chi connectivity index (χ1v) is 8.64. The molecule has 0 unspecified atom stereocenters. The molecule has 1 saturated carbocycles. The van der Waals surface area contributed by atoms with Gasteiger partial charge in [-0.05, 0) is 30.7 Å². The number of nitrogens with zero attached hydrogens (tertiary/aromatic N) is 2. The van der Waals surface area contributed by atoms with Crippen LogP contribution in [0.2, 0.25) is 0 Å². The topological polar surface area (TPSA) is 36.9 Å². The monoisotopic (exact) mass is 355 g/mol. The smallest absolute Gasteiger partial charge is 0.422 e. The summed E-state index contributed by atoms with van der Waals surface area (Å²) in [6, 6.07) is 6.79. The molecule has 25 heavy (non-hydrogen) atoms. The normalized spacial score (nSPS) is 19.8. The van der Waals surface area contributed by atoms with E-state index in [2.05, 4.69) is 15.2 Å². The molecule has 0 aromatic heterocycles. The zero-order chi connectivity index (χ0) is 17.9. The minimum absolute atomic E-state index is 0.250. The molecule has 7 heteroatoms. The fourth-order valence-electron chi connectivity index (χ4n) is 3.66. The van der Waals surface area contributed by atoms with Gasteiger partial charge in [0.1, 0.15) is 5.75 Å². The Hall–Kier alpha value is -1.92. The average Bonchev–Trinajstić information content (AvgIpc) is 2.99. The molecule has 1 N–H and O–H groups in total. The number of benzene rings is 1. The lowest BCUT2D eigenvalue weighted by atomic mass is 9.68. The van der Waals surface area contributed by atoms with E-state index in [1.165, 1.54) is 25.7 Å². The van der Waals surface area contributed by atoms with Crippen LogP contribution in [0.25, 0.3) is 0 Å². The van der Waals surface area contributed by atoms with Crippen molar-refractivity contribution in [2.45, 2.75) is 38.4 Å². The Labute approximate surface area is 146 Å². The highest BCUT2D eigenvalue weighted by molar-refractivity contribution is 5.80. The van der Waals surface area contributed by atoms with E-state index < -0.39 is 12.8 Å². The number of aliphatic imine (C=N–C) groups is 1. The zero-order valence-corrected chi connectivity index (χ0v) is 14.4. The van der Waals surface area contributed by atoms with Crippen LogP contribution in [0, 0.1) is 5.41 Å². The van der Waals surface area contributed by atoms with Crippen molar-refractivity contribution in [3.8, 4) is 5.75 Å². The summed E-state index contributed by atoms with van der Waals surface area (Å²) in [6.45, 7) is 1.09. The van der Waals surface area contributed by atoms with Crippen LogP contribution in [0.1, 0.15) is 31.2 Å². The van der Waals surface area contributed by atoms with Gasteiger partial charge in [0.2, 0.25) is 0 Å². The Kier molecular flexibility index (Phi) is 5.11. The highest BCUT2D eigenvalue weighted by Crippen LogP contribution is 2.47. The average molecular weight is 355 g/mol. The van der Waals surface area contributed by atoms with Crippen LogP contribution in [0.5, 0.6) is 5.75 Å². The lowest BCUT2D eigenvalue weighted by Crippen LogP contribution is -2.42. The molecule has 2 fully saturated rings. The molecule has 1 aromatic rings. The molecule has 1 aromatic carbocycles. The minimum atomic E-state index is -4.34. The SMILES string of the molecule is CN=C(NCc1ccccc1OCC(F)(F)F)N1CCC2(CCC2)C1. The first kappa shape index (κ1) is 17.9. The third-order valence-electron chi connectivity index (χ3n) is 5.16. The summed E-state index contributed by atoms with van der Waals surface area (Å²) in [5.74, 6) is 1.05. The molecule has 0 bridgehead atoms. The van der Waals surface area contributed by atoms with Crippen molar-refractivity contribution < 1.29 is 17.9 Å². The summed E-state index contributed by atoms with van der Waals surface area (Å²) in [5, 5.41) is 3.27. The van der Waals surface area contributed by atoms with Crippen LogP contribution >= 0.6 is 0 Å². The van der Waals surface area contributed by atoms with Gasteiger partial charge in [0.15, 0.2) is 12.6 Å². The number of hydrogen-bond donors (Lipinski definition) is 1.